The fourth-order valence-electron chi connectivity index (χ4n) is 0.802. The number of nitrogens with one attached hydrogen (secondary N) is 1. The summed E-state index contributed by atoms with van der Waals surface area (Å²) in [4.78, 5) is 0. The number of hydrogen-bond donors (Lipinski definition) is 1. The molecule has 1 rings (SSSR count). The minimum Gasteiger partial charge on any atom is -0.317 e. The van der Waals surface area contributed by atoms with Crippen molar-refractivity contribution in [3.8, 4) is 0 Å². The second kappa shape index (κ2) is 5.03. The molecule has 1 nitrogen and oxygen atoms in total. The van der Waals surface area contributed by atoms with Gasteiger partial charge in [0.15, 0.2) is 0 Å². The molecule has 0 atom stereocenters. The zero-order chi connectivity index (χ0) is 4.24. The molecule has 0 spiro atoms. The first-order chi connectivity index (χ1) is 3.00. The molecule has 1 N–H and O–H groups in total. The average molecular weight is 198 g/mol. The predicted octanol–water partition coefficient (Wildman–Crippen LogP) is 0.757. The van der Waals surface area contributed by atoms with Crippen molar-refractivity contribution >= 4 is 0 Å². The van der Waals surface area contributed by atoms with Gasteiger partial charge in [-0.05, 0) is 25.9 Å². The van der Waals surface area contributed by atoms with Crippen molar-refractivity contribution < 1.29 is 27.3 Å². The van der Waals surface area contributed by atoms with E-state index in [1.165, 1.54) is 32.4 Å². The Kier molecular flexibility index (Phi) is 5.66. The second-order valence-corrected chi connectivity index (χ2v) is 1.81. The molecule has 1 heterocycles. The van der Waals surface area contributed by atoms with Crippen LogP contribution in [0, 0.1) is 0 Å². The van der Waals surface area contributed by atoms with E-state index in [9.17, 15) is 0 Å². The Morgan fingerprint density at radius 3 is 1.57 bits per heavy atom. The first kappa shape index (κ1) is 7.88. The van der Waals surface area contributed by atoms with E-state index < -0.39 is 0 Å². The molecule has 0 aliphatic carbocycles. The summed E-state index contributed by atoms with van der Waals surface area (Å²) in [7, 11) is 0. The van der Waals surface area contributed by atoms with Crippen LogP contribution in [-0.4, -0.2) is 13.1 Å². The number of piperidine rings is 1. The first-order valence-electron chi connectivity index (χ1n) is 2.71. The van der Waals surface area contributed by atoms with E-state index in [1.807, 2.05) is 0 Å². The van der Waals surface area contributed by atoms with E-state index in [0.29, 0.717) is 0 Å². The molecular weight excluding hydrogens is 186 g/mol. The van der Waals surface area contributed by atoms with Crippen molar-refractivity contribution in [3.05, 3.63) is 0 Å². The largest absolute Gasteiger partial charge is 2.00 e. The Labute approximate surface area is 65.0 Å². The molecule has 0 unspecified atom stereocenters. The van der Waals surface area contributed by atoms with Gasteiger partial charge in [-0.2, -0.15) is 0 Å². The van der Waals surface area contributed by atoms with Crippen LogP contribution >= 0.6 is 0 Å². The SMILES string of the molecule is C1CCNCC1.[Cd+2]. The summed E-state index contributed by atoms with van der Waals surface area (Å²) in [6.45, 7) is 2.50. The van der Waals surface area contributed by atoms with Gasteiger partial charge in [0.25, 0.3) is 0 Å². The van der Waals surface area contributed by atoms with Crippen LogP contribution in [0.5, 0.6) is 0 Å². The van der Waals surface area contributed by atoms with Gasteiger partial charge < -0.3 is 5.32 Å². The molecule has 0 bridgehead atoms. The summed E-state index contributed by atoms with van der Waals surface area (Å²) >= 11 is 0. The zero-order valence-electron chi connectivity index (χ0n) is 4.74. The van der Waals surface area contributed by atoms with Crippen LogP contribution in [-0.2, 0) is 27.3 Å². The standard InChI is InChI=1S/C5H11N.Cd/c1-2-4-6-5-3-1;/h6H,1-5H2;/q;+2. The minimum absolute atomic E-state index is 0. The van der Waals surface area contributed by atoms with Crippen LogP contribution in [0.4, 0.5) is 0 Å². The van der Waals surface area contributed by atoms with Crippen molar-refractivity contribution in [2.45, 2.75) is 19.3 Å². The predicted molar refractivity (Wildman–Crippen MR) is 26.7 cm³/mol. The molecular formula is C5H11CdN+2. The Morgan fingerprint density at radius 2 is 1.43 bits per heavy atom. The molecule has 1 aliphatic heterocycles. The van der Waals surface area contributed by atoms with Crippen molar-refractivity contribution in [1.29, 1.82) is 0 Å². The Bertz CT molecular complexity index is 23.6. The summed E-state index contributed by atoms with van der Waals surface area (Å²) in [6.07, 6.45) is 4.22. The van der Waals surface area contributed by atoms with E-state index in [-0.39, 0.29) is 27.3 Å². The van der Waals surface area contributed by atoms with Crippen molar-refractivity contribution in [3.63, 3.8) is 0 Å². The van der Waals surface area contributed by atoms with Crippen LogP contribution in [0.25, 0.3) is 0 Å². The summed E-state index contributed by atoms with van der Waals surface area (Å²) in [5.41, 5.74) is 0. The summed E-state index contributed by atoms with van der Waals surface area (Å²) < 4.78 is 0. The van der Waals surface area contributed by atoms with Crippen LogP contribution in [0.1, 0.15) is 19.3 Å². The quantitative estimate of drug-likeness (QED) is 0.566. The van der Waals surface area contributed by atoms with Crippen LogP contribution < -0.4 is 5.32 Å². The second-order valence-electron chi connectivity index (χ2n) is 1.81. The van der Waals surface area contributed by atoms with Crippen molar-refractivity contribution in [2.24, 2.45) is 0 Å². The molecule has 0 aromatic heterocycles. The fourth-order valence-corrected chi connectivity index (χ4v) is 0.802. The van der Waals surface area contributed by atoms with Crippen molar-refractivity contribution in [1.82, 2.24) is 5.32 Å². The van der Waals surface area contributed by atoms with E-state index in [1.54, 1.807) is 0 Å². The van der Waals surface area contributed by atoms with Crippen molar-refractivity contribution in [2.75, 3.05) is 13.1 Å². The minimum atomic E-state index is 0. The molecule has 0 aromatic rings. The molecule has 1 aliphatic rings. The zero-order valence-corrected chi connectivity index (χ0v) is 8.78. The molecule has 0 amide bonds. The van der Waals surface area contributed by atoms with Crippen LogP contribution in [0.2, 0.25) is 0 Å². The van der Waals surface area contributed by atoms with E-state index in [0.717, 1.165) is 0 Å². The van der Waals surface area contributed by atoms with Gasteiger partial charge >= 0.3 is 27.3 Å². The van der Waals surface area contributed by atoms with Gasteiger partial charge in [0.05, 0.1) is 0 Å². The topological polar surface area (TPSA) is 12.0 Å². The van der Waals surface area contributed by atoms with Crippen LogP contribution in [0.3, 0.4) is 0 Å². The van der Waals surface area contributed by atoms with Gasteiger partial charge in [0, 0.05) is 0 Å². The molecule has 36 valence electrons. The number of hydrogen-bond acceptors (Lipinski definition) is 1. The van der Waals surface area contributed by atoms with E-state index in [2.05, 4.69) is 5.32 Å². The van der Waals surface area contributed by atoms with Crippen LogP contribution in [0.15, 0.2) is 0 Å². The smallest absolute Gasteiger partial charge is 0.317 e. The molecule has 0 aromatic carbocycles. The van der Waals surface area contributed by atoms with Gasteiger partial charge in [0.2, 0.25) is 0 Å². The van der Waals surface area contributed by atoms with Gasteiger partial charge in [-0.15, -0.1) is 0 Å². The average Bonchev–Trinajstić information content (AvgIpc) is 1.72. The Hall–Kier alpha value is 0.882. The normalized spacial score (nSPS) is 20.6. The molecule has 1 saturated heterocycles. The number of rotatable bonds is 0. The summed E-state index contributed by atoms with van der Waals surface area (Å²) in [6, 6.07) is 0. The van der Waals surface area contributed by atoms with Gasteiger partial charge in [0.1, 0.15) is 0 Å². The van der Waals surface area contributed by atoms with E-state index >= 15 is 0 Å². The summed E-state index contributed by atoms with van der Waals surface area (Å²) in [5.74, 6) is 0. The first-order valence-corrected chi connectivity index (χ1v) is 2.71. The maximum absolute atomic E-state index is 3.28. The Morgan fingerprint density at radius 1 is 0.857 bits per heavy atom. The molecule has 1 fully saturated rings. The fraction of sp³-hybridized carbons (Fsp3) is 1.00. The Balaban J connectivity index is 0.000000360. The molecule has 0 saturated carbocycles. The van der Waals surface area contributed by atoms with Gasteiger partial charge in [-0.3, -0.25) is 0 Å². The third kappa shape index (κ3) is 3.46. The van der Waals surface area contributed by atoms with E-state index in [4.69, 9.17) is 0 Å². The van der Waals surface area contributed by atoms with Gasteiger partial charge in [-0.1, -0.05) is 6.42 Å². The maximum atomic E-state index is 3.28. The van der Waals surface area contributed by atoms with Gasteiger partial charge in [-0.25, -0.2) is 0 Å². The summed E-state index contributed by atoms with van der Waals surface area (Å²) in [5, 5.41) is 3.28. The molecule has 2 heteroatoms. The maximum Gasteiger partial charge on any atom is 2.00 e. The molecule has 7 heavy (non-hydrogen) atoms. The third-order valence-electron chi connectivity index (χ3n) is 1.21. The monoisotopic (exact) mass is 199 g/mol. The third-order valence-corrected chi connectivity index (χ3v) is 1.21. The molecule has 0 radical (unpaired) electrons.